The molecule has 0 saturated heterocycles. The molecule has 1 saturated carbocycles. The van der Waals surface area contributed by atoms with Gasteiger partial charge in [-0.1, -0.05) is 6.08 Å². The van der Waals surface area contributed by atoms with Gasteiger partial charge in [0.1, 0.15) is 0 Å². The van der Waals surface area contributed by atoms with E-state index in [1.54, 1.807) is 0 Å². The SMILES string of the molecule is C=CCN1C(N)=NCC1(C)C1CC1. The molecule has 1 aliphatic carbocycles. The van der Waals surface area contributed by atoms with Crippen LogP contribution in [0.5, 0.6) is 0 Å². The van der Waals surface area contributed by atoms with Gasteiger partial charge in [0.15, 0.2) is 5.96 Å². The van der Waals surface area contributed by atoms with Crippen LogP contribution in [0.3, 0.4) is 0 Å². The van der Waals surface area contributed by atoms with Gasteiger partial charge in [0, 0.05) is 6.54 Å². The molecule has 1 heterocycles. The molecular formula is C10H17N3. The van der Waals surface area contributed by atoms with Crippen LogP contribution in [0.4, 0.5) is 0 Å². The van der Waals surface area contributed by atoms with Crippen molar-refractivity contribution in [2.75, 3.05) is 13.1 Å². The van der Waals surface area contributed by atoms with E-state index in [-0.39, 0.29) is 5.54 Å². The summed E-state index contributed by atoms with van der Waals surface area (Å²) in [6, 6.07) is 0. The Morgan fingerprint density at radius 3 is 3.00 bits per heavy atom. The fraction of sp³-hybridized carbons (Fsp3) is 0.700. The van der Waals surface area contributed by atoms with E-state index >= 15 is 0 Å². The molecule has 0 radical (unpaired) electrons. The molecule has 0 aromatic rings. The van der Waals surface area contributed by atoms with E-state index in [4.69, 9.17) is 5.73 Å². The quantitative estimate of drug-likeness (QED) is 0.656. The maximum atomic E-state index is 5.83. The van der Waals surface area contributed by atoms with E-state index in [1.165, 1.54) is 12.8 Å². The Balaban J connectivity index is 2.16. The monoisotopic (exact) mass is 179 g/mol. The Morgan fingerprint density at radius 1 is 1.77 bits per heavy atom. The number of nitrogens with two attached hydrogens (primary N) is 1. The zero-order chi connectivity index (χ0) is 9.47. The second kappa shape index (κ2) is 2.76. The Kier molecular flexibility index (Phi) is 1.82. The highest BCUT2D eigenvalue weighted by Gasteiger charge is 2.48. The van der Waals surface area contributed by atoms with Crippen molar-refractivity contribution in [3.05, 3.63) is 12.7 Å². The number of rotatable bonds is 3. The topological polar surface area (TPSA) is 41.6 Å². The van der Waals surface area contributed by atoms with Crippen molar-refractivity contribution in [1.29, 1.82) is 0 Å². The summed E-state index contributed by atoms with van der Waals surface area (Å²) in [6.45, 7) is 7.69. The minimum absolute atomic E-state index is 0.179. The van der Waals surface area contributed by atoms with Gasteiger partial charge in [-0.15, -0.1) is 6.58 Å². The van der Waals surface area contributed by atoms with Gasteiger partial charge in [0.2, 0.25) is 0 Å². The third kappa shape index (κ3) is 1.23. The van der Waals surface area contributed by atoms with E-state index in [0.29, 0.717) is 5.96 Å². The van der Waals surface area contributed by atoms with E-state index in [0.717, 1.165) is 19.0 Å². The van der Waals surface area contributed by atoms with E-state index < -0.39 is 0 Å². The third-order valence-electron chi connectivity index (χ3n) is 3.22. The highest BCUT2D eigenvalue weighted by atomic mass is 15.4. The van der Waals surface area contributed by atoms with Crippen molar-refractivity contribution in [2.45, 2.75) is 25.3 Å². The second-order valence-electron chi connectivity index (χ2n) is 4.21. The first-order valence-electron chi connectivity index (χ1n) is 4.87. The zero-order valence-electron chi connectivity index (χ0n) is 8.16. The van der Waals surface area contributed by atoms with Crippen molar-refractivity contribution in [2.24, 2.45) is 16.6 Å². The molecule has 1 aliphatic heterocycles. The lowest BCUT2D eigenvalue weighted by atomic mass is 9.95. The standard InChI is InChI=1S/C10H17N3/c1-3-6-13-9(11)12-7-10(13,2)8-4-5-8/h3,8H,1,4-7H2,2H3,(H2,11,12). The normalized spacial score (nSPS) is 33.3. The number of aliphatic imine (C=N–C) groups is 1. The Labute approximate surface area is 79.3 Å². The van der Waals surface area contributed by atoms with Crippen molar-refractivity contribution >= 4 is 5.96 Å². The molecule has 0 aromatic heterocycles. The molecule has 3 heteroatoms. The lowest BCUT2D eigenvalue weighted by Crippen LogP contribution is -2.51. The Morgan fingerprint density at radius 2 is 2.46 bits per heavy atom. The van der Waals surface area contributed by atoms with Crippen LogP contribution in [-0.2, 0) is 0 Å². The molecule has 0 aromatic carbocycles. The van der Waals surface area contributed by atoms with E-state index in [1.807, 2.05) is 6.08 Å². The zero-order valence-corrected chi connectivity index (χ0v) is 8.16. The molecule has 1 fully saturated rings. The molecule has 1 atom stereocenters. The summed E-state index contributed by atoms with van der Waals surface area (Å²) in [5.41, 5.74) is 6.01. The summed E-state index contributed by atoms with van der Waals surface area (Å²) in [6.07, 6.45) is 4.55. The van der Waals surface area contributed by atoms with Crippen LogP contribution >= 0.6 is 0 Å². The van der Waals surface area contributed by atoms with Gasteiger partial charge in [-0.05, 0) is 25.7 Å². The van der Waals surface area contributed by atoms with Crippen LogP contribution in [0.2, 0.25) is 0 Å². The van der Waals surface area contributed by atoms with Gasteiger partial charge in [-0.25, -0.2) is 0 Å². The molecule has 2 rings (SSSR count). The van der Waals surface area contributed by atoms with Crippen molar-refractivity contribution < 1.29 is 0 Å². The fourth-order valence-electron chi connectivity index (χ4n) is 2.16. The second-order valence-corrected chi connectivity index (χ2v) is 4.21. The van der Waals surface area contributed by atoms with Crippen LogP contribution in [0.15, 0.2) is 17.6 Å². The number of guanidine groups is 1. The van der Waals surface area contributed by atoms with Crippen LogP contribution in [0, 0.1) is 5.92 Å². The van der Waals surface area contributed by atoms with Gasteiger partial charge < -0.3 is 10.6 Å². The molecule has 0 spiro atoms. The smallest absolute Gasteiger partial charge is 0.192 e. The predicted molar refractivity (Wildman–Crippen MR) is 54.5 cm³/mol. The molecule has 0 amide bonds. The molecule has 13 heavy (non-hydrogen) atoms. The van der Waals surface area contributed by atoms with Gasteiger partial charge in [-0.3, -0.25) is 4.99 Å². The summed E-state index contributed by atoms with van der Waals surface area (Å²) in [5, 5.41) is 0. The first-order valence-corrected chi connectivity index (χ1v) is 4.87. The lowest BCUT2D eigenvalue weighted by Gasteiger charge is -2.35. The van der Waals surface area contributed by atoms with Crippen LogP contribution in [-0.4, -0.2) is 29.5 Å². The Hall–Kier alpha value is -0.990. The van der Waals surface area contributed by atoms with Gasteiger partial charge in [0.05, 0.1) is 12.1 Å². The number of hydrogen-bond acceptors (Lipinski definition) is 3. The molecule has 72 valence electrons. The Bertz CT molecular complexity index is 255. The molecule has 2 N–H and O–H groups in total. The minimum Gasteiger partial charge on any atom is -0.370 e. The molecule has 3 nitrogen and oxygen atoms in total. The highest BCUT2D eigenvalue weighted by molar-refractivity contribution is 5.81. The maximum Gasteiger partial charge on any atom is 0.192 e. The first-order chi connectivity index (χ1) is 6.18. The van der Waals surface area contributed by atoms with Crippen molar-refractivity contribution in [3.63, 3.8) is 0 Å². The molecule has 2 aliphatic rings. The maximum absolute atomic E-state index is 5.83. The number of hydrogen-bond donors (Lipinski definition) is 1. The lowest BCUT2D eigenvalue weighted by molar-refractivity contribution is 0.208. The summed E-state index contributed by atoms with van der Waals surface area (Å²) in [7, 11) is 0. The summed E-state index contributed by atoms with van der Waals surface area (Å²) in [5.74, 6) is 1.48. The van der Waals surface area contributed by atoms with Gasteiger partial charge >= 0.3 is 0 Å². The summed E-state index contributed by atoms with van der Waals surface area (Å²) in [4.78, 5) is 6.52. The average molecular weight is 179 g/mol. The minimum atomic E-state index is 0.179. The van der Waals surface area contributed by atoms with Crippen molar-refractivity contribution in [1.82, 2.24) is 4.90 Å². The third-order valence-corrected chi connectivity index (χ3v) is 3.22. The molecular weight excluding hydrogens is 162 g/mol. The van der Waals surface area contributed by atoms with Crippen molar-refractivity contribution in [3.8, 4) is 0 Å². The number of nitrogens with zero attached hydrogens (tertiary/aromatic N) is 2. The predicted octanol–water partition coefficient (Wildman–Crippen LogP) is 0.971. The highest BCUT2D eigenvalue weighted by Crippen LogP contribution is 2.44. The van der Waals surface area contributed by atoms with Gasteiger partial charge in [-0.2, -0.15) is 0 Å². The van der Waals surface area contributed by atoms with Crippen LogP contribution in [0.1, 0.15) is 19.8 Å². The van der Waals surface area contributed by atoms with E-state index in [9.17, 15) is 0 Å². The largest absolute Gasteiger partial charge is 0.370 e. The molecule has 1 unspecified atom stereocenters. The average Bonchev–Trinajstić information content (AvgIpc) is 2.89. The molecule has 0 bridgehead atoms. The fourth-order valence-corrected chi connectivity index (χ4v) is 2.16. The first kappa shape index (κ1) is 8.60. The van der Waals surface area contributed by atoms with Crippen LogP contribution in [0.25, 0.3) is 0 Å². The van der Waals surface area contributed by atoms with Gasteiger partial charge in [0.25, 0.3) is 0 Å². The van der Waals surface area contributed by atoms with Crippen LogP contribution < -0.4 is 5.73 Å². The van der Waals surface area contributed by atoms with E-state index in [2.05, 4.69) is 23.4 Å². The summed E-state index contributed by atoms with van der Waals surface area (Å²) < 4.78 is 0. The summed E-state index contributed by atoms with van der Waals surface area (Å²) >= 11 is 0.